The van der Waals surface area contributed by atoms with E-state index >= 15 is 0 Å². The number of nitrogens with zero attached hydrogens (tertiary/aromatic N) is 1. The van der Waals surface area contributed by atoms with Crippen LogP contribution in [0.25, 0.3) is 0 Å². The fourth-order valence-electron chi connectivity index (χ4n) is 2.82. The highest BCUT2D eigenvalue weighted by Crippen LogP contribution is 2.62. The van der Waals surface area contributed by atoms with Crippen LogP contribution in [0.3, 0.4) is 0 Å². The third-order valence-corrected chi connectivity index (χ3v) is 6.34. The summed E-state index contributed by atoms with van der Waals surface area (Å²) < 4.78 is 35.2. The Morgan fingerprint density at radius 2 is 1.72 bits per heavy atom. The Morgan fingerprint density at radius 3 is 2.28 bits per heavy atom. The highest BCUT2D eigenvalue weighted by molar-refractivity contribution is 7.54. The first-order valence-electron chi connectivity index (χ1n) is 9.00. The molecule has 0 radical (unpaired) electrons. The van der Waals surface area contributed by atoms with Crippen molar-refractivity contribution in [3.05, 3.63) is 58.1 Å². The van der Waals surface area contributed by atoms with E-state index in [9.17, 15) is 14.7 Å². The van der Waals surface area contributed by atoms with E-state index in [1.54, 1.807) is 44.2 Å². The molecule has 0 aromatic heterocycles. The molecule has 0 aliphatic rings. The summed E-state index contributed by atoms with van der Waals surface area (Å²) in [4.78, 5) is 11.0. The van der Waals surface area contributed by atoms with Gasteiger partial charge in [0, 0.05) is 5.56 Å². The minimum atomic E-state index is -3.77. The van der Waals surface area contributed by atoms with Gasteiger partial charge in [-0.15, -0.1) is 0 Å². The van der Waals surface area contributed by atoms with Gasteiger partial charge >= 0.3 is 7.60 Å². The number of anilines is 1. The van der Waals surface area contributed by atoms with E-state index in [2.05, 4.69) is 5.32 Å². The molecule has 0 spiro atoms. The molecule has 0 heterocycles. The molecule has 0 saturated heterocycles. The zero-order valence-electron chi connectivity index (χ0n) is 16.8. The number of ether oxygens (including phenoxy) is 2. The van der Waals surface area contributed by atoms with Crippen LogP contribution in [0, 0.1) is 10.1 Å². The molecule has 2 rings (SSSR count). The number of hydrogen-bond donors (Lipinski definition) is 1. The summed E-state index contributed by atoms with van der Waals surface area (Å²) in [5, 5.41) is 14.6. The Hall–Kier alpha value is -2.61. The van der Waals surface area contributed by atoms with Crippen molar-refractivity contribution in [3.8, 4) is 11.5 Å². The van der Waals surface area contributed by atoms with E-state index in [0.29, 0.717) is 17.1 Å². The van der Waals surface area contributed by atoms with Crippen LogP contribution < -0.4 is 14.8 Å². The Morgan fingerprint density at radius 1 is 1.07 bits per heavy atom. The van der Waals surface area contributed by atoms with Crippen molar-refractivity contribution >= 4 is 19.0 Å². The van der Waals surface area contributed by atoms with Crippen LogP contribution in [0.2, 0.25) is 0 Å². The summed E-state index contributed by atoms with van der Waals surface area (Å²) in [7, 11) is -0.868. The van der Waals surface area contributed by atoms with Crippen LogP contribution in [0.15, 0.2) is 42.5 Å². The van der Waals surface area contributed by atoms with Gasteiger partial charge in [-0.1, -0.05) is 18.2 Å². The van der Waals surface area contributed by atoms with Gasteiger partial charge in [-0.05, 0) is 32.0 Å². The standard InChI is InChI=1S/C19H25N2O7P/c1-5-27-29(24,28-6-2)19(15-9-7-8-10-18(15)26-4)20-16-12-11-14(25-3)13-17(16)21(22)23/h7-13,19-20H,5-6H2,1-4H3. The topological polar surface area (TPSA) is 109 Å². The molecule has 0 amide bonds. The number of hydrogen-bond acceptors (Lipinski definition) is 8. The van der Waals surface area contributed by atoms with Crippen LogP contribution in [-0.4, -0.2) is 32.4 Å². The van der Waals surface area contributed by atoms with Crippen molar-refractivity contribution in [2.45, 2.75) is 19.6 Å². The SMILES string of the molecule is CCOP(=O)(OCC)C(Nc1ccc(OC)cc1[N+](=O)[O-])c1ccccc1OC. The molecular weight excluding hydrogens is 399 g/mol. The second kappa shape index (κ2) is 10.2. The maximum Gasteiger partial charge on any atom is 0.357 e. The van der Waals surface area contributed by atoms with E-state index in [-0.39, 0.29) is 24.6 Å². The van der Waals surface area contributed by atoms with E-state index in [1.165, 1.54) is 26.4 Å². The maximum absolute atomic E-state index is 13.6. The summed E-state index contributed by atoms with van der Waals surface area (Å²) in [5.41, 5.74) is 0.403. The number of nitrogens with one attached hydrogen (secondary N) is 1. The van der Waals surface area contributed by atoms with Gasteiger partial charge in [0.25, 0.3) is 5.69 Å². The normalized spacial score (nSPS) is 12.3. The van der Waals surface area contributed by atoms with Crippen LogP contribution in [0.1, 0.15) is 25.2 Å². The van der Waals surface area contributed by atoms with Gasteiger partial charge < -0.3 is 23.8 Å². The monoisotopic (exact) mass is 424 g/mol. The van der Waals surface area contributed by atoms with Crippen molar-refractivity contribution in [1.82, 2.24) is 0 Å². The molecule has 1 unspecified atom stereocenters. The van der Waals surface area contributed by atoms with Gasteiger partial charge in [-0.3, -0.25) is 14.7 Å². The number of methoxy groups -OCH3 is 2. The summed E-state index contributed by atoms with van der Waals surface area (Å²) >= 11 is 0. The number of para-hydroxylation sites is 1. The molecule has 1 atom stereocenters. The second-order valence-corrected chi connectivity index (χ2v) is 7.92. The molecule has 2 aromatic rings. The highest BCUT2D eigenvalue weighted by Gasteiger charge is 2.39. The molecule has 2 aromatic carbocycles. The molecule has 0 aliphatic carbocycles. The zero-order chi connectivity index (χ0) is 21.4. The lowest BCUT2D eigenvalue weighted by atomic mass is 10.2. The molecule has 1 N–H and O–H groups in total. The van der Waals surface area contributed by atoms with E-state index in [0.717, 1.165) is 0 Å². The Bertz CT molecular complexity index is 881. The van der Waals surface area contributed by atoms with Gasteiger partial charge in [0.15, 0.2) is 5.78 Å². The lowest BCUT2D eigenvalue weighted by Crippen LogP contribution is -2.17. The largest absolute Gasteiger partial charge is 0.496 e. The van der Waals surface area contributed by atoms with Gasteiger partial charge in [0.1, 0.15) is 17.2 Å². The molecule has 0 saturated carbocycles. The lowest BCUT2D eigenvalue weighted by molar-refractivity contribution is -0.384. The number of nitro benzene ring substituents is 1. The van der Waals surface area contributed by atoms with Crippen molar-refractivity contribution in [3.63, 3.8) is 0 Å². The summed E-state index contributed by atoms with van der Waals surface area (Å²) in [6.45, 7) is 3.66. The van der Waals surface area contributed by atoms with E-state index < -0.39 is 18.3 Å². The number of rotatable bonds is 11. The minimum Gasteiger partial charge on any atom is -0.496 e. The summed E-state index contributed by atoms with van der Waals surface area (Å²) in [6, 6.07) is 11.3. The molecule has 9 nitrogen and oxygen atoms in total. The summed E-state index contributed by atoms with van der Waals surface area (Å²) in [5.74, 6) is -0.264. The second-order valence-electron chi connectivity index (χ2n) is 5.80. The molecule has 0 fully saturated rings. The minimum absolute atomic E-state index is 0.134. The van der Waals surface area contributed by atoms with Crippen LogP contribution in [0.4, 0.5) is 11.4 Å². The highest BCUT2D eigenvalue weighted by atomic mass is 31.2. The Kier molecular flexibility index (Phi) is 8.01. The molecular formula is C19H25N2O7P. The number of benzene rings is 2. The zero-order valence-corrected chi connectivity index (χ0v) is 17.7. The van der Waals surface area contributed by atoms with Crippen LogP contribution >= 0.6 is 7.60 Å². The maximum atomic E-state index is 13.6. The predicted molar refractivity (Wildman–Crippen MR) is 110 cm³/mol. The fourth-order valence-corrected chi connectivity index (χ4v) is 4.77. The molecule has 0 bridgehead atoms. The van der Waals surface area contributed by atoms with E-state index in [1.807, 2.05) is 0 Å². The summed E-state index contributed by atoms with van der Waals surface area (Å²) in [6.07, 6.45) is 0. The third-order valence-electron chi connectivity index (χ3n) is 4.06. The molecule has 0 aliphatic heterocycles. The van der Waals surface area contributed by atoms with Gasteiger partial charge in [0.05, 0.1) is 38.4 Å². The third kappa shape index (κ3) is 5.26. The molecule has 10 heteroatoms. The van der Waals surface area contributed by atoms with Gasteiger partial charge in [-0.2, -0.15) is 0 Å². The number of nitro groups is 1. The van der Waals surface area contributed by atoms with Crippen LogP contribution in [-0.2, 0) is 13.6 Å². The Labute approximate surface area is 169 Å². The van der Waals surface area contributed by atoms with Gasteiger partial charge in [-0.25, -0.2) is 0 Å². The first-order chi connectivity index (χ1) is 13.9. The van der Waals surface area contributed by atoms with E-state index in [4.69, 9.17) is 18.5 Å². The van der Waals surface area contributed by atoms with Crippen molar-refractivity contribution < 1.29 is 28.0 Å². The lowest BCUT2D eigenvalue weighted by Gasteiger charge is -2.29. The Balaban J connectivity index is 2.63. The quantitative estimate of drug-likeness (QED) is 0.305. The van der Waals surface area contributed by atoms with Gasteiger partial charge in [0.2, 0.25) is 0 Å². The predicted octanol–water partition coefficient (Wildman–Crippen LogP) is 4.99. The smallest absolute Gasteiger partial charge is 0.357 e. The molecule has 29 heavy (non-hydrogen) atoms. The average Bonchev–Trinajstić information content (AvgIpc) is 2.72. The first-order valence-corrected chi connectivity index (χ1v) is 10.6. The van der Waals surface area contributed by atoms with Crippen molar-refractivity contribution in [2.75, 3.05) is 32.8 Å². The fraction of sp³-hybridized carbons (Fsp3) is 0.368. The average molecular weight is 424 g/mol. The van der Waals surface area contributed by atoms with Crippen molar-refractivity contribution in [2.24, 2.45) is 0 Å². The molecule has 158 valence electrons. The van der Waals surface area contributed by atoms with Crippen LogP contribution in [0.5, 0.6) is 11.5 Å². The first kappa shape index (κ1) is 22.7. The van der Waals surface area contributed by atoms with Crippen molar-refractivity contribution in [1.29, 1.82) is 0 Å².